The maximum atomic E-state index is 11.7. The summed E-state index contributed by atoms with van der Waals surface area (Å²) in [7, 11) is 0. The molecule has 0 saturated carbocycles. The lowest BCUT2D eigenvalue weighted by atomic mass is 10.2. The van der Waals surface area contributed by atoms with Crippen molar-refractivity contribution in [3.05, 3.63) is 35.7 Å². The minimum Gasteiger partial charge on any atom is -0.508 e. The molecule has 0 saturated heterocycles. The number of phenolic OH excluding ortho intramolecular Hbond substituents is 1. The highest BCUT2D eigenvalue weighted by molar-refractivity contribution is 7.09. The number of nitrogens with one attached hydrogen (secondary N) is 1. The Kier molecular flexibility index (Phi) is 2.82. The van der Waals surface area contributed by atoms with Gasteiger partial charge in [0.2, 0.25) is 5.13 Å². The van der Waals surface area contributed by atoms with E-state index in [0.29, 0.717) is 16.5 Å². The highest BCUT2D eigenvalue weighted by Crippen LogP contribution is 2.14. The van der Waals surface area contributed by atoms with Gasteiger partial charge in [-0.2, -0.15) is 4.37 Å². The largest absolute Gasteiger partial charge is 0.508 e. The second-order valence-electron chi connectivity index (χ2n) is 3.15. The van der Waals surface area contributed by atoms with Crippen LogP contribution < -0.4 is 5.32 Å². The van der Waals surface area contributed by atoms with Gasteiger partial charge in [-0.1, -0.05) is 0 Å². The van der Waals surface area contributed by atoms with Gasteiger partial charge in [0.1, 0.15) is 11.6 Å². The molecule has 1 aromatic carbocycles. The van der Waals surface area contributed by atoms with Crippen LogP contribution in [-0.4, -0.2) is 20.4 Å². The molecule has 0 unspecified atom stereocenters. The van der Waals surface area contributed by atoms with E-state index in [9.17, 15) is 4.79 Å². The molecule has 0 bridgehead atoms. The second-order valence-corrected chi connectivity index (χ2v) is 3.90. The zero-order valence-electron chi connectivity index (χ0n) is 8.47. The SMILES string of the molecule is Cc1nsc(NC(=O)c2ccc(O)cc2)n1. The lowest BCUT2D eigenvalue weighted by Crippen LogP contribution is -2.11. The monoisotopic (exact) mass is 235 g/mol. The zero-order chi connectivity index (χ0) is 11.5. The predicted molar refractivity (Wildman–Crippen MR) is 60.7 cm³/mol. The van der Waals surface area contributed by atoms with Crippen LogP contribution in [0.25, 0.3) is 0 Å². The molecule has 0 aliphatic carbocycles. The van der Waals surface area contributed by atoms with Crippen molar-refractivity contribution in [3.8, 4) is 5.75 Å². The third-order valence-corrected chi connectivity index (χ3v) is 2.60. The van der Waals surface area contributed by atoms with Crippen LogP contribution in [0.1, 0.15) is 16.2 Å². The van der Waals surface area contributed by atoms with Gasteiger partial charge in [0.15, 0.2) is 0 Å². The first-order chi connectivity index (χ1) is 7.65. The van der Waals surface area contributed by atoms with Gasteiger partial charge in [-0.05, 0) is 31.2 Å². The number of aryl methyl sites for hydroxylation is 1. The Morgan fingerprint density at radius 2 is 2.06 bits per heavy atom. The van der Waals surface area contributed by atoms with E-state index in [1.165, 1.54) is 12.1 Å². The lowest BCUT2D eigenvalue weighted by Gasteiger charge is -2.00. The molecule has 1 aromatic heterocycles. The molecule has 6 heteroatoms. The molecule has 2 N–H and O–H groups in total. The Balaban J connectivity index is 2.11. The number of phenols is 1. The molecule has 5 nitrogen and oxygen atoms in total. The van der Waals surface area contributed by atoms with Gasteiger partial charge in [-0.15, -0.1) is 0 Å². The molecular weight excluding hydrogens is 226 g/mol. The molecule has 2 rings (SSSR count). The molecule has 82 valence electrons. The summed E-state index contributed by atoms with van der Waals surface area (Å²) in [5, 5.41) is 12.2. The minimum absolute atomic E-state index is 0.128. The molecule has 1 heterocycles. The smallest absolute Gasteiger partial charge is 0.257 e. The van der Waals surface area contributed by atoms with E-state index in [-0.39, 0.29) is 11.7 Å². The van der Waals surface area contributed by atoms with Crippen molar-refractivity contribution in [3.63, 3.8) is 0 Å². The average Bonchev–Trinajstić information content (AvgIpc) is 2.65. The summed E-state index contributed by atoms with van der Waals surface area (Å²) in [6, 6.07) is 6.00. The summed E-state index contributed by atoms with van der Waals surface area (Å²) < 4.78 is 3.95. The number of hydrogen-bond acceptors (Lipinski definition) is 5. The zero-order valence-corrected chi connectivity index (χ0v) is 9.28. The summed E-state index contributed by atoms with van der Waals surface area (Å²) in [5.41, 5.74) is 0.464. The topological polar surface area (TPSA) is 75.1 Å². The molecule has 0 aliphatic heterocycles. The highest BCUT2D eigenvalue weighted by atomic mass is 32.1. The van der Waals surface area contributed by atoms with Crippen molar-refractivity contribution in [2.45, 2.75) is 6.92 Å². The number of carbonyl (C=O) groups excluding carboxylic acids is 1. The van der Waals surface area contributed by atoms with Crippen molar-refractivity contribution in [1.82, 2.24) is 9.36 Å². The molecule has 0 aliphatic rings. The Morgan fingerprint density at radius 3 is 2.62 bits per heavy atom. The van der Waals surface area contributed by atoms with Crippen molar-refractivity contribution in [2.75, 3.05) is 5.32 Å². The van der Waals surface area contributed by atoms with Crippen LogP contribution in [0.3, 0.4) is 0 Å². The van der Waals surface area contributed by atoms with Crippen molar-refractivity contribution >= 4 is 22.6 Å². The molecule has 1 amide bonds. The fourth-order valence-electron chi connectivity index (χ4n) is 1.13. The van der Waals surface area contributed by atoms with E-state index < -0.39 is 0 Å². The van der Waals surface area contributed by atoms with Crippen molar-refractivity contribution in [2.24, 2.45) is 0 Å². The van der Waals surface area contributed by atoms with Gasteiger partial charge < -0.3 is 5.11 Å². The summed E-state index contributed by atoms with van der Waals surface area (Å²) in [6.45, 7) is 1.76. The number of anilines is 1. The first-order valence-corrected chi connectivity index (χ1v) is 5.33. The quantitative estimate of drug-likeness (QED) is 0.832. The fraction of sp³-hybridized carbons (Fsp3) is 0.100. The number of benzene rings is 1. The van der Waals surface area contributed by atoms with Gasteiger partial charge in [0, 0.05) is 17.1 Å². The maximum absolute atomic E-state index is 11.7. The fourth-order valence-corrected chi connectivity index (χ4v) is 1.70. The van der Waals surface area contributed by atoms with Crippen molar-refractivity contribution < 1.29 is 9.90 Å². The number of hydrogen-bond donors (Lipinski definition) is 2. The summed E-state index contributed by atoms with van der Waals surface area (Å²) in [4.78, 5) is 15.7. The Hall–Kier alpha value is -1.95. The second kappa shape index (κ2) is 4.28. The number of carbonyl (C=O) groups is 1. The lowest BCUT2D eigenvalue weighted by molar-refractivity contribution is 0.102. The number of rotatable bonds is 2. The number of amides is 1. The van der Waals surface area contributed by atoms with Crippen LogP contribution in [-0.2, 0) is 0 Å². The highest BCUT2D eigenvalue weighted by Gasteiger charge is 2.08. The third kappa shape index (κ3) is 2.34. The Morgan fingerprint density at radius 1 is 1.38 bits per heavy atom. The third-order valence-electron chi connectivity index (χ3n) is 1.88. The van der Waals surface area contributed by atoms with E-state index in [1.807, 2.05) is 0 Å². The summed E-state index contributed by atoms with van der Waals surface area (Å²) >= 11 is 1.13. The first-order valence-electron chi connectivity index (χ1n) is 4.56. The average molecular weight is 235 g/mol. The molecule has 0 fully saturated rings. The van der Waals surface area contributed by atoms with Crippen LogP contribution in [0.4, 0.5) is 5.13 Å². The predicted octanol–water partition coefficient (Wildman–Crippen LogP) is 1.80. The van der Waals surface area contributed by atoms with Crippen LogP contribution >= 0.6 is 11.5 Å². The van der Waals surface area contributed by atoms with Gasteiger partial charge >= 0.3 is 0 Å². The standard InChI is InChI=1S/C10H9N3O2S/c1-6-11-10(16-13-6)12-9(15)7-2-4-8(14)5-3-7/h2-5,14H,1H3,(H,11,12,13,15). The number of aromatic nitrogens is 2. The number of aromatic hydroxyl groups is 1. The van der Waals surface area contributed by atoms with E-state index in [0.717, 1.165) is 11.5 Å². The number of nitrogens with zero attached hydrogens (tertiary/aromatic N) is 2. The molecule has 0 spiro atoms. The molecule has 0 atom stereocenters. The molecule has 2 aromatic rings. The van der Waals surface area contributed by atoms with E-state index >= 15 is 0 Å². The van der Waals surface area contributed by atoms with Gasteiger partial charge in [-0.3, -0.25) is 10.1 Å². The van der Waals surface area contributed by atoms with Gasteiger partial charge in [0.05, 0.1) is 0 Å². The van der Waals surface area contributed by atoms with Crippen molar-refractivity contribution in [1.29, 1.82) is 0 Å². The summed E-state index contributed by atoms with van der Waals surface area (Å²) in [5.74, 6) is 0.491. The maximum Gasteiger partial charge on any atom is 0.257 e. The van der Waals surface area contributed by atoms with Gasteiger partial charge in [-0.25, -0.2) is 4.98 Å². The molecular formula is C10H9N3O2S. The summed E-state index contributed by atoms with van der Waals surface area (Å²) in [6.07, 6.45) is 0. The molecule has 0 radical (unpaired) electrons. The first kappa shape index (κ1) is 10.6. The minimum atomic E-state index is -0.267. The van der Waals surface area contributed by atoms with E-state index in [2.05, 4.69) is 14.7 Å². The normalized spacial score (nSPS) is 10.1. The molecule has 16 heavy (non-hydrogen) atoms. The van der Waals surface area contributed by atoms with E-state index in [1.54, 1.807) is 19.1 Å². The van der Waals surface area contributed by atoms with Crippen LogP contribution in [0.5, 0.6) is 5.75 Å². The van der Waals surface area contributed by atoms with Crippen LogP contribution in [0, 0.1) is 6.92 Å². The van der Waals surface area contributed by atoms with Gasteiger partial charge in [0.25, 0.3) is 5.91 Å². The Bertz CT molecular complexity index is 507. The van der Waals surface area contributed by atoms with Crippen LogP contribution in [0.2, 0.25) is 0 Å². The Labute approximate surface area is 95.9 Å². The van der Waals surface area contributed by atoms with Crippen LogP contribution in [0.15, 0.2) is 24.3 Å². The van der Waals surface area contributed by atoms with E-state index in [4.69, 9.17) is 5.11 Å².